The Balaban J connectivity index is 2.07. The molecule has 4 nitrogen and oxygen atoms in total. The molecule has 0 bridgehead atoms. The minimum Gasteiger partial charge on any atom is -0.495 e. The molecule has 0 aromatic heterocycles. The van der Waals surface area contributed by atoms with Gasteiger partial charge in [0.1, 0.15) is 5.75 Å². The fourth-order valence-corrected chi connectivity index (χ4v) is 2.74. The first kappa shape index (κ1) is 14.3. The van der Waals surface area contributed by atoms with Crippen LogP contribution in [0, 0.1) is 5.92 Å². The van der Waals surface area contributed by atoms with Crippen molar-refractivity contribution >= 4 is 27.5 Å². The molecule has 1 aromatic carbocycles. The summed E-state index contributed by atoms with van der Waals surface area (Å²) in [7, 11) is 1.60. The molecule has 2 rings (SSSR count). The van der Waals surface area contributed by atoms with E-state index in [1.54, 1.807) is 7.11 Å². The van der Waals surface area contributed by atoms with E-state index in [1.165, 1.54) is 0 Å². The second kappa shape index (κ2) is 6.39. The van der Waals surface area contributed by atoms with Gasteiger partial charge < -0.3 is 15.4 Å². The molecule has 0 radical (unpaired) electrons. The number of methoxy groups -OCH3 is 1. The van der Waals surface area contributed by atoms with E-state index in [0.717, 1.165) is 23.9 Å². The number of ether oxygens (including phenoxy) is 1. The van der Waals surface area contributed by atoms with Gasteiger partial charge in [-0.15, -0.1) is 0 Å². The summed E-state index contributed by atoms with van der Waals surface area (Å²) in [6, 6.07) is 5.99. The monoisotopic (exact) mass is 326 g/mol. The van der Waals surface area contributed by atoms with Gasteiger partial charge in [-0.3, -0.25) is 4.79 Å². The summed E-state index contributed by atoms with van der Waals surface area (Å²) < 4.78 is 6.18. The van der Waals surface area contributed by atoms with E-state index in [-0.39, 0.29) is 11.8 Å². The number of rotatable bonds is 3. The number of anilines is 1. The second-order valence-corrected chi connectivity index (χ2v) is 5.83. The number of hydrogen-bond acceptors (Lipinski definition) is 3. The van der Waals surface area contributed by atoms with E-state index in [0.29, 0.717) is 17.5 Å². The van der Waals surface area contributed by atoms with Crippen LogP contribution in [0.5, 0.6) is 5.75 Å². The summed E-state index contributed by atoms with van der Waals surface area (Å²) in [6.45, 7) is 3.01. The summed E-state index contributed by atoms with van der Waals surface area (Å²) in [5, 5.41) is 6.32. The minimum atomic E-state index is 0.0694. The Labute approximate surface area is 122 Å². The normalized spacial score (nSPS) is 22.9. The zero-order chi connectivity index (χ0) is 13.8. The lowest BCUT2D eigenvalue weighted by Gasteiger charge is -2.27. The average molecular weight is 327 g/mol. The number of carbonyl (C=O) groups is 1. The molecular formula is C14H19BrN2O2. The van der Waals surface area contributed by atoms with E-state index < -0.39 is 0 Å². The Morgan fingerprint density at radius 2 is 2.32 bits per heavy atom. The van der Waals surface area contributed by atoms with Crippen molar-refractivity contribution in [3.63, 3.8) is 0 Å². The van der Waals surface area contributed by atoms with Crippen molar-refractivity contribution in [1.82, 2.24) is 5.32 Å². The maximum atomic E-state index is 12.3. The number of amides is 1. The molecule has 2 atom stereocenters. The molecule has 1 saturated heterocycles. The fraction of sp³-hybridized carbons (Fsp3) is 0.500. The van der Waals surface area contributed by atoms with Gasteiger partial charge in [0.15, 0.2) is 0 Å². The highest BCUT2D eigenvalue weighted by atomic mass is 79.9. The lowest BCUT2D eigenvalue weighted by Crippen LogP contribution is -2.40. The van der Waals surface area contributed by atoms with Crippen molar-refractivity contribution in [2.75, 3.05) is 19.0 Å². The molecule has 1 aliphatic heterocycles. The van der Waals surface area contributed by atoms with E-state index in [1.807, 2.05) is 18.2 Å². The molecule has 104 valence electrons. The third kappa shape index (κ3) is 3.70. The predicted molar refractivity (Wildman–Crippen MR) is 79.5 cm³/mol. The first-order valence-electron chi connectivity index (χ1n) is 6.48. The Bertz CT molecular complexity index is 465. The molecule has 2 unspecified atom stereocenters. The van der Waals surface area contributed by atoms with Gasteiger partial charge in [0.25, 0.3) is 0 Å². The quantitative estimate of drug-likeness (QED) is 0.898. The molecule has 0 saturated carbocycles. The molecule has 0 spiro atoms. The molecule has 0 aliphatic carbocycles. The third-order valence-corrected chi connectivity index (χ3v) is 3.91. The lowest BCUT2D eigenvalue weighted by molar-refractivity contribution is -0.120. The highest BCUT2D eigenvalue weighted by Gasteiger charge is 2.25. The topological polar surface area (TPSA) is 50.4 Å². The van der Waals surface area contributed by atoms with Crippen LogP contribution in [-0.4, -0.2) is 25.6 Å². The summed E-state index contributed by atoms with van der Waals surface area (Å²) >= 11 is 3.40. The number of hydrogen-bond donors (Lipinski definition) is 2. The SMILES string of the molecule is COc1ccc(Br)cc1NC(=O)C1CCNC(C)C1. The highest BCUT2D eigenvalue weighted by molar-refractivity contribution is 9.10. The smallest absolute Gasteiger partial charge is 0.227 e. The van der Waals surface area contributed by atoms with Crippen LogP contribution in [0.1, 0.15) is 19.8 Å². The van der Waals surface area contributed by atoms with Crippen LogP contribution in [0.15, 0.2) is 22.7 Å². The molecule has 2 N–H and O–H groups in total. The summed E-state index contributed by atoms with van der Waals surface area (Å²) in [5.41, 5.74) is 0.716. The molecule has 1 aliphatic rings. The zero-order valence-corrected chi connectivity index (χ0v) is 12.8. The van der Waals surface area contributed by atoms with Crippen LogP contribution < -0.4 is 15.4 Å². The van der Waals surface area contributed by atoms with Crippen molar-refractivity contribution in [2.24, 2.45) is 5.92 Å². The van der Waals surface area contributed by atoms with E-state index in [2.05, 4.69) is 33.5 Å². The van der Waals surface area contributed by atoms with Crippen LogP contribution >= 0.6 is 15.9 Å². The second-order valence-electron chi connectivity index (χ2n) is 4.91. The van der Waals surface area contributed by atoms with Gasteiger partial charge in [-0.2, -0.15) is 0 Å². The van der Waals surface area contributed by atoms with Crippen LogP contribution in [0.3, 0.4) is 0 Å². The van der Waals surface area contributed by atoms with Gasteiger partial charge in [0, 0.05) is 16.4 Å². The van der Waals surface area contributed by atoms with Gasteiger partial charge in [-0.1, -0.05) is 15.9 Å². The minimum absolute atomic E-state index is 0.0694. The van der Waals surface area contributed by atoms with Crippen molar-refractivity contribution in [3.05, 3.63) is 22.7 Å². The van der Waals surface area contributed by atoms with Crippen molar-refractivity contribution in [3.8, 4) is 5.75 Å². The van der Waals surface area contributed by atoms with Crippen molar-refractivity contribution in [2.45, 2.75) is 25.8 Å². The van der Waals surface area contributed by atoms with Crippen LogP contribution in [0.2, 0.25) is 0 Å². The van der Waals surface area contributed by atoms with Crippen LogP contribution in [0.4, 0.5) is 5.69 Å². The summed E-state index contributed by atoms with van der Waals surface area (Å²) in [6.07, 6.45) is 1.76. The standard InChI is InChI=1S/C14H19BrN2O2/c1-9-7-10(5-6-16-9)14(18)17-12-8-11(15)3-4-13(12)19-2/h3-4,8-10,16H,5-7H2,1-2H3,(H,17,18). The number of halogens is 1. The highest BCUT2D eigenvalue weighted by Crippen LogP contribution is 2.29. The predicted octanol–water partition coefficient (Wildman–Crippen LogP) is 2.78. The number of benzene rings is 1. The summed E-state index contributed by atoms with van der Waals surface area (Å²) in [5.74, 6) is 0.822. The van der Waals surface area contributed by atoms with Crippen molar-refractivity contribution < 1.29 is 9.53 Å². The van der Waals surface area contributed by atoms with Gasteiger partial charge in [0.2, 0.25) is 5.91 Å². The van der Waals surface area contributed by atoms with E-state index in [4.69, 9.17) is 4.74 Å². The Morgan fingerprint density at radius 3 is 3.00 bits per heavy atom. The van der Waals surface area contributed by atoms with Crippen LogP contribution in [-0.2, 0) is 4.79 Å². The largest absolute Gasteiger partial charge is 0.495 e. The molecule has 5 heteroatoms. The van der Waals surface area contributed by atoms with Gasteiger partial charge in [0.05, 0.1) is 12.8 Å². The molecule has 1 heterocycles. The number of piperidine rings is 1. The van der Waals surface area contributed by atoms with E-state index in [9.17, 15) is 4.79 Å². The van der Waals surface area contributed by atoms with Gasteiger partial charge in [-0.25, -0.2) is 0 Å². The maximum absolute atomic E-state index is 12.3. The van der Waals surface area contributed by atoms with Crippen molar-refractivity contribution in [1.29, 1.82) is 0 Å². The Hall–Kier alpha value is -1.07. The summed E-state index contributed by atoms with van der Waals surface area (Å²) in [4.78, 5) is 12.3. The molecule has 1 fully saturated rings. The van der Waals surface area contributed by atoms with Gasteiger partial charge >= 0.3 is 0 Å². The maximum Gasteiger partial charge on any atom is 0.227 e. The molecular weight excluding hydrogens is 308 g/mol. The number of nitrogens with one attached hydrogen (secondary N) is 2. The first-order valence-corrected chi connectivity index (χ1v) is 7.27. The Kier molecular flexibility index (Phi) is 4.82. The van der Waals surface area contributed by atoms with E-state index >= 15 is 0 Å². The number of carbonyl (C=O) groups excluding carboxylic acids is 1. The lowest BCUT2D eigenvalue weighted by atomic mass is 9.92. The average Bonchev–Trinajstić information content (AvgIpc) is 2.39. The zero-order valence-electron chi connectivity index (χ0n) is 11.2. The molecule has 19 heavy (non-hydrogen) atoms. The van der Waals surface area contributed by atoms with Crippen LogP contribution in [0.25, 0.3) is 0 Å². The fourth-order valence-electron chi connectivity index (χ4n) is 2.38. The Morgan fingerprint density at radius 1 is 1.53 bits per heavy atom. The first-order chi connectivity index (χ1) is 9.10. The molecule has 1 amide bonds. The molecule has 1 aromatic rings. The third-order valence-electron chi connectivity index (χ3n) is 3.41. The van der Waals surface area contributed by atoms with Gasteiger partial charge in [-0.05, 0) is 44.5 Å².